The third-order valence-corrected chi connectivity index (χ3v) is 6.47. The van der Waals surface area contributed by atoms with Crippen molar-refractivity contribution in [3.05, 3.63) is 71.2 Å². The second kappa shape index (κ2) is 10.9. The highest BCUT2D eigenvalue weighted by molar-refractivity contribution is 5.94. The van der Waals surface area contributed by atoms with Gasteiger partial charge in [-0.1, -0.05) is 43.3 Å². The Morgan fingerprint density at radius 3 is 2.82 bits per heavy atom. The molecule has 0 N–H and O–H groups in total. The Kier molecular flexibility index (Phi) is 7.78. The lowest BCUT2D eigenvalue weighted by Crippen LogP contribution is -2.40. The summed E-state index contributed by atoms with van der Waals surface area (Å²) in [6.45, 7) is 8.28. The number of likely N-dealkylation sites (tertiary alicyclic amines) is 1. The van der Waals surface area contributed by atoms with Crippen molar-refractivity contribution in [3.8, 4) is 0 Å². The van der Waals surface area contributed by atoms with Crippen molar-refractivity contribution in [1.29, 1.82) is 0 Å². The Balaban J connectivity index is 1.55. The van der Waals surface area contributed by atoms with Gasteiger partial charge >= 0.3 is 0 Å². The number of hydrogen-bond donors (Lipinski definition) is 0. The van der Waals surface area contributed by atoms with Crippen LogP contribution in [-0.4, -0.2) is 64.5 Å². The van der Waals surface area contributed by atoms with E-state index in [1.807, 2.05) is 37.5 Å². The van der Waals surface area contributed by atoms with E-state index in [-0.39, 0.29) is 12.0 Å². The molecule has 33 heavy (non-hydrogen) atoms. The van der Waals surface area contributed by atoms with E-state index in [1.54, 1.807) is 4.90 Å². The SMILES string of the molecule is CCCO[C@H]1CCCN(Cc2c(C(=O)N(C)CCc3ccccc3)nc3c(C)cccn23)C1. The first-order chi connectivity index (χ1) is 16.1. The average Bonchev–Trinajstić information content (AvgIpc) is 3.21. The molecule has 176 valence electrons. The second-order valence-corrected chi connectivity index (χ2v) is 9.12. The summed E-state index contributed by atoms with van der Waals surface area (Å²) in [5, 5.41) is 0. The first-order valence-corrected chi connectivity index (χ1v) is 12.2. The van der Waals surface area contributed by atoms with Crippen molar-refractivity contribution in [1.82, 2.24) is 19.2 Å². The normalized spacial score (nSPS) is 16.9. The van der Waals surface area contributed by atoms with E-state index in [1.165, 1.54) is 5.56 Å². The van der Waals surface area contributed by atoms with Gasteiger partial charge in [0.1, 0.15) is 5.65 Å². The van der Waals surface area contributed by atoms with Crippen LogP contribution in [0.5, 0.6) is 0 Å². The molecule has 0 radical (unpaired) electrons. The van der Waals surface area contributed by atoms with Crippen LogP contribution in [0.3, 0.4) is 0 Å². The molecule has 1 atom stereocenters. The number of fused-ring (bicyclic) bond motifs is 1. The lowest BCUT2D eigenvalue weighted by molar-refractivity contribution is -0.00264. The molecule has 1 fully saturated rings. The Bertz CT molecular complexity index is 1060. The number of likely N-dealkylation sites (N-methyl/N-ethyl adjacent to an activating group) is 1. The number of hydrogen-bond acceptors (Lipinski definition) is 4. The van der Waals surface area contributed by atoms with Crippen LogP contribution in [0.1, 0.15) is 53.5 Å². The molecular weight excluding hydrogens is 412 g/mol. The molecule has 3 heterocycles. The van der Waals surface area contributed by atoms with E-state index in [9.17, 15) is 4.79 Å². The highest BCUT2D eigenvalue weighted by atomic mass is 16.5. The largest absolute Gasteiger partial charge is 0.377 e. The number of carbonyl (C=O) groups excluding carboxylic acids is 1. The average molecular weight is 449 g/mol. The summed E-state index contributed by atoms with van der Waals surface area (Å²) in [5.74, 6) is -0.0141. The Morgan fingerprint density at radius 1 is 1.21 bits per heavy atom. The van der Waals surface area contributed by atoms with Crippen molar-refractivity contribution in [2.45, 2.75) is 52.2 Å². The number of benzene rings is 1. The summed E-state index contributed by atoms with van der Waals surface area (Å²) >= 11 is 0. The van der Waals surface area contributed by atoms with Crippen LogP contribution in [0, 0.1) is 6.92 Å². The first kappa shape index (κ1) is 23.5. The van der Waals surface area contributed by atoms with E-state index >= 15 is 0 Å². The van der Waals surface area contributed by atoms with Gasteiger partial charge < -0.3 is 14.0 Å². The number of aromatic nitrogens is 2. The van der Waals surface area contributed by atoms with Crippen LogP contribution >= 0.6 is 0 Å². The third kappa shape index (κ3) is 5.63. The van der Waals surface area contributed by atoms with Crippen molar-refractivity contribution in [3.63, 3.8) is 0 Å². The molecule has 1 amide bonds. The fourth-order valence-electron chi connectivity index (χ4n) is 4.59. The standard InChI is InChI=1S/C27H36N4O2/c1-4-18-33-23-13-9-15-30(19-23)20-24-25(28-26-21(2)10-8-16-31(24)26)27(32)29(3)17-14-22-11-6-5-7-12-22/h5-8,10-12,16,23H,4,9,13-15,17-20H2,1-3H3/t23-/m0/s1. The van der Waals surface area contributed by atoms with Gasteiger partial charge in [-0.3, -0.25) is 9.69 Å². The summed E-state index contributed by atoms with van der Waals surface area (Å²) in [5.41, 5.74) is 4.71. The van der Waals surface area contributed by atoms with Crippen molar-refractivity contribution in [2.24, 2.45) is 0 Å². The highest BCUT2D eigenvalue weighted by Gasteiger charge is 2.27. The van der Waals surface area contributed by atoms with Crippen LogP contribution < -0.4 is 0 Å². The molecule has 1 aromatic carbocycles. The zero-order valence-electron chi connectivity index (χ0n) is 20.2. The molecule has 0 unspecified atom stereocenters. The van der Waals surface area contributed by atoms with E-state index < -0.39 is 0 Å². The molecule has 0 aliphatic carbocycles. The van der Waals surface area contributed by atoms with Crippen molar-refractivity contribution >= 4 is 11.6 Å². The fraction of sp³-hybridized carbons (Fsp3) is 0.481. The van der Waals surface area contributed by atoms with Gasteiger partial charge in [-0.15, -0.1) is 0 Å². The number of rotatable bonds is 9. The van der Waals surface area contributed by atoms with Gasteiger partial charge in [0.2, 0.25) is 0 Å². The van der Waals surface area contributed by atoms with Crippen LogP contribution in [0.4, 0.5) is 0 Å². The smallest absolute Gasteiger partial charge is 0.274 e. The topological polar surface area (TPSA) is 50.1 Å². The maximum absolute atomic E-state index is 13.5. The molecular formula is C27H36N4O2. The molecule has 0 spiro atoms. The summed E-state index contributed by atoms with van der Waals surface area (Å²) in [4.78, 5) is 22.6. The lowest BCUT2D eigenvalue weighted by Gasteiger charge is -2.32. The molecule has 6 nitrogen and oxygen atoms in total. The van der Waals surface area contributed by atoms with Crippen LogP contribution in [0.25, 0.3) is 5.65 Å². The van der Waals surface area contributed by atoms with Crippen molar-refractivity contribution < 1.29 is 9.53 Å². The first-order valence-electron chi connectivity index (χ1n) is 12.2. The predicted octanol–water partition coefficient (Wildman–Crippen LogP) is 4.35. The van der Waals surface area contributed by atoms with E-state index in [2.05, 4.69) is 41.3 Å². The van der Waals surface area contributed by atoms with Crippen LogP contribution in [0.15, 0.2) is 48.7 Å². The molecule has 4 rings (SSSR count). The number of aryl methyl sites for hydroxylation is 1. The van der Waals surface area contributed by atoms with Crippen molar-refractivity contribution in [2.75, 3.05) is 33.3 Å². The number of piperidine rings is 1. The maximum atomic E-state index is 13.5. The van der Waals surface area contributed by atoms with Gasteiger partial charge in [-0.05, 0) is 56.3 Å². The minimum absolute atomic E-state index is 0.0141. The predicted molar refractivity (Wildman–Crippen MR) is 132 cm³/mol. The van der Waals surface area contributed by atoms with Gasteiger partial charge in [0.15, 0.2) is 5.69 Å². The van der Waals surface area contributed by atoms with E-state index in [0.717, 1.165) is 62.3 Å². The number of pyridine rings is 1. The van der Waals surface area contributed by atoms with Gasteiger partial charge in [-0.2, -0.15) is 0 Å². The molecule has 3 aromatic rings. The minimum Gasteiger partial charge on any atom is -0.377 e. The summed E-state index contributed by atoms with van der Waals surface area (Å²) < 4.78 is 8.14. The molecule has 1 saturated heterocycles. The molecule has 0 bridgehead atoms. The van der Waals surface area contributed by atoms with Gasteiger partial charge in [-0.25, -0.2) is 4.98 Å². The summed E-state index contributed by atoms with van der Waals surface area (Å²) in [7, 11) is 1.88. The molecule has 0 saturated carbocycles. The maximum Gasteiger partial charge on any atom is 0.274 e. The number of carbonyl (C=O) groups is 1. The van der Waals surface area contributed by atoms with E-state index in [4.69, 9.17) is 9.72 Å². The fourth-order valence-corrected chi connectivity index (χ4v) is 4.59. The number of imidazole rings is 1. The number of nitrogens with zero attached hydrogens (tertiary/aromatic N) is 4. The Labute approximate surface area is 197 Å². The zero-order valence-corrected chi connectivity index (χ0v) is 20.2. The summed E-state index contributed by atoms with van der Waals surface area (Å²) in [6.07, 6.45) is 6.39. The summed E-state index contributed by atoms with van der Waals surface area (Å²) in [6, 6.07) is 14.4. The van der Waals surface area contributed by atoms with Gasteiger partial charge in [0.05, 0.1) is 11.8 Å². The van der Waals surface area contributed by atoms with Crippen LogP contribution in [-0.2, 0) is 17.7 Å². The highest BCUT2D eigenvalue weighted by Crippen LogP contribution is 2.22. The van der Waals surface area contributed by atoms with E-state index in [0.29, 0.717) is 18.8 Å². The Hall–Kier alpha value is -2.70. The Morgan fingerprint density at radius 2 is 2.03 bits per heavy atom. The lowest BCUT2D eigenvalue weighted by atomic mass is 10.1. The second-order valence-electron chi connectivity index (χ2n) is 9.12. The molecule has 2 aromatic heterocycles. The monoisotopic (exact) mass is 448 g/mol. The third-order valence-electron chi connectivity index (χ3n) is 6.47. The zero-order chi connectivity index (χ0) is 23.2. The minimum atomic E-state index is -0.0141. The number of ether oxygens (including phenoxy) is 1. The van der Waals surface area contributed by atoms with Gasteiger partial charge in [0.25, 0.3) is 5.91 Å². The molecule has 6 heteroatoms. The number of amides is 1. The molecule has 1 aliphatic heterocycles. The quantitative estimate of drug-likeness (QED) is 0.488. The molecule has 1 aliphatic rings. The van der Waals surface area contributed by atoms with Crippen LogP contribution in [0.2, 0.25) is 0 Å². The van der Waals surface area contributed by atoms with Gasteiger partial charge in [0, 0.05) is 39.5 Å².